The van der Waals surface area contributed by atoms with Crippen LogP contribution < -0.4 is 11.1 Å². The van der Waals surface area contributed by atoms with E-state index in [2.05, 4.69) is 16.6 Å². The minimum Gasteiger partial charge on any atom is -0.388 e. The molecule has 0 unspecified atom stereocenters. The van der Waals surface area contributed by atoms with E-state index in [4.69, 9.17) is 18.0 Å². The minimum absolute atomic E-state index is 0.336. The van der Waals surface area contributed by atoms with Gasteiger partial charge in [-0.15, -0.1) is 0 Å². The Labute approximate surface area is 99.8 Å². The lowest BCUT2D eigenvalue weighted by molar-refractivity contribution is 0.992. The van der Waals surface area contributed by atoms with Gasteiger partial charge in [0.25, 0.3) is 0 Å². The predicted octanol–water partition coefficient (Wildman–Crippen LogP) is 1.88. The molecule has 0 saturated heterocycles. The molecule has 3 N–H and O–H groups in total. The highest BCUT2D eigenvalue weighted by Gasteiger charge is 1.98. The van der Waals surface area contributed by atoms with E-state index in [1.54, 1.807) is 6.20 Å². The van der Waals surface area contributed by atoms with Crippen molar-refractivity contribution in [1.82, 2.24) is 4.98 Å². The Morgan fingerprint density at radius 3 is 3.13 bits per heavy atom. The van der Waals surface area contributed by atoms with E-state index in [1.807, 2.05) is 23.9 Å². The second-order valence-electron chi connectivity index (χ2n) is 3.07. The summed E-state index contributed by atoms with van der Waals surface area (Å²) in [6.45, 7) is 0.960. The summed E-state index contributed by atoms with van der Waals surface area (Å²) in [6, 6.07) is 3.79. The first-order chi connectivity index (χ1) is 7.24. The van der Waals surface area contributed by atoms with Crippen molar-refractivity contribution in [1.29, 1.82) is 0 Å². The maximum atomic E-state index is 5.50. The highest BCUT2D eigenvalue weighted by atomic mass is 32.2. The molecule has 0 aliphatic carbocycles. The molecule has 15 heavy (non-hydrogen) atoms. The third-order valence-corrected chi connectivity index (χ3v) is 2.77. The standard InChI is InChI=1S/C10H15N3S2/c1-15-6-2-4-12-8-3-5-13-9(7-8)10(11)14/h3,5,7H,2,4,6H2,1H3,(H2,11,14)(H,12,13). The number of aromatic nitrogens is 1. The summed E-state index contributed by atoms with van der Waals surface area (Å²) in [5, 5.41) is 3.31. The van der Waals surface area contributed by atoms with Gasteiger partial charge in [0.05, 0.1) is 5.69 Å². The zero-order chi connectivity index (χ0) is 11.1. The maximum Gasteiger partial charge on any atom is 0.122 e. The topological polar surface area (TPSA) is 50.9 Å². The van der Waals surface area contributed by atoms with Crippen LogP contribution in [0.4, 0.5) is 5.69 Å². The van der Waals surface area contributed by atoms with Crippen LogP contribution in [-0.2, 0) is 0 Å². The average Bonchev–Trinajstić information content (AvgIpc) is 2.25. The fourth-order valence-electron chi connectivity index (χ4n) is 1.12. The van der Waals surface area contributed by atoms with Crippen LogP contribution in [0, 0.1) is 0 Å². The van der Waals surface area contributed by atoms with Crippen LogP contribution in [0.1, 0.15) is 12.1 Å². The molecule has 0 spiro atoms. The summed E-state index contributed by atoms with van der Waals surface area (Å²) in [6.07, 6.45) is 4.97. The number of pyridine rings is 1. The molecule has 0 fully saturated rings. The molecule has 1 rings (SSSR count). The van der Waals surface area contributed by atoms with Crippen molar-refractivity contribution in [2.45, 2.75) is 6.42 Å². The highest BCUT2D eigenvalue weighted by Crippen LogP contribution is 2.08. The zero-order valence-electron chi connectivity index (χ0n) is 8.69. The Bertz CT molecular complexity index is 328. The molecule has 1 aromatic heterocycles. The number of nitrogens with one attached hydrogen (secondary N) is 1. The van der Waals surface area contributed by atoms with Gasteiger partial charge < -0.3 is 11.1 Å². The van der Waals surface area contributed by atoms with Crippen molar-refractivity contribution < 1.29 is 0 Å². The zero-order valence-corrected chi connectivity index (χ0v) is 10.3. The lowest BCUT2D eigenvalue weighted by atomic mass is 10.3. The van der Waals surface area contributed by atoms with Crippen LogP contribution in [-0.4, -0.2) is 28.5 Å². The number of rotatable bonds is 6. The van der Waals surface area contributed by atoms with E-state index in [0.29, 0.717) is 10.7 Å². The number of nitrogens with zero attached hydrogens (tertiary/aromatic N) is 1. The first-order valence-electron chi connectivity index (χ1n) is 4.72. The van der Waals surface area contributed by atoms with E-state index in [1.165, 1.54) is 5.75 Å². The molecule has 0 aliphatic heterocycles. The van der Waals surface area contributed by atoms with Gasteiger partial charge in [-0.1, -0.05) is 12.2 Å². The Kier molecular flexibility index (Phi) is 5.42. The van der Waals surface area contributed by atoms with Crippen LogP contribution in [0.3, 0.4) is 0 Å². The maximum absolute atomic E-state index is 5.50. The third kappa shape index (κ3) is 4.48. The molecule has 1 heterocycles. The Balaban J connectivity index is 2.47. The summed E-state index contributed by atoms with van der Waals surface area (Å²) < 4.78 is 0. The largest absolute Gasteiger partial charge is 0.388 e. The number of anilines is 1. The fraction of sp³-hybridized carbons (Fsp3) is 0.400. The van der Waals surface area contributed by atoms with Gasteiger partial charge in [-0.25, -0.2) is 0 Å². The number of hydrogen-bond acceptors (Lipinski definition) is 4. The second-order valence-corrected chi connectivity index (χ2v) is 4.49. The summed E-state index contributed by atoms with van der Waals surface area (Å²) >= 11 is 6.71. The van der Waals surface area contributed by atoms with Crippen LogP contribution in [0.2, 0.25) is 0 Å². The van der Waals surface area contributed by atoms with E-state index in [9.17, 15) is 0 Å². The molecule has 3 nitrogen and oxygen atoms in total. The van der Waals surface area contributed by atoms with E-state index in [-0.39, 0.29) is 0 Å². The van der Waals surface area contributed by atoms with Crippen molar-refractivity contribution >= 4 is 34.7 Å². The van der Waals surface area contributed by atoms with Gasteiger partial charge in [-0.05, 0) is 30.6 Å². The molecule has 0 amide bonds. The molecular weight excluding hydrogens is 226 g/mol. The summed E-state index contributed by atoms with van der Waals surface area (Å²) in [5.74, 6) is 1.17. The fourth-order valence-corrected chi connectivity index (χ4v) is 1.67. The lowest BCUT2D eigenvalue weighted by Gasteiger charge is -2.06. The van der Waals surface area contributed by atoms with Gasteiger partial charge in [0.1, 0.15) is 4.99 Å². The van der Waals surface area contributed by atoms with Crippen molar-refractivity contribution in [2.75, 3.05) is 23.9 Å². The first-order valence-corrected chi connectivity index (χ1v) is 6.53. The van der Waals surface area contributed by atoms with E-state index < -0.39 is 0 Å². The number of thiocarbonyl (C=S) groups is 1. The monoisotopic (exact) mass is 241 g/mol. The molecule has 0 bridgehead atoms. The van der Waals surface area contributed by atoms with Gasteiger partial charge in [0, 0.05) is 18.4 Å². The molecule has 1 aromatic rings. The van der Waals surface area contributed by atoms with Crippen molar-refractivity contribution in [3.05, 3.63) is 24.0 Å². The highest BCUT2D eigenvalue weighted by molar-refractivity contribution is 7.98. The van der Waals surface area contributed by atoms with E-state index >= 15 is 0 Å². The van der Waals surface area contributed by atoms with Gasteiger partial charge in [-0.3, -0.25) is 4.98 Å². The molecular formula is C10H15N3S2. The predicted molar refractivity (Wildman–Crippen MR) is 71.6 cm³/mol. The Morgan fingerprint density at radius 2 is 2.47 bits per heavy atom. The van der Waals surface area contributed by atoms with Gasteiger partial charge in [0.2, 0.25) is 0 Å². The van der Waals surface area contributed by atoms with Crippen LogP contribution >= 0.6 is 24.0 Å². The molecule has 0 aliphatic rings. The number of thioether (sulfide) groups is 1. The first kappa shape index (κ1) is 12.3. The summed E-state index contributed by atoms with van der Waals surface area (Å²) in [4.78, 5) is 4.41. The summed E-state index contributed by atoms with van der Waals surface area (Å²) in [5.41, 5.74) is 7.19. The van der Waals surface area contributed by atoms with Crippen molar-refractivity contribution in [2.24, 2.45) is 5.73 Å². The van der Waals surface area contributed by atoms with Crippen LogP contribution in [0.15, 0.2) is 18.3 Å². The van der Waals surface area contributed by atoms with Gasteiger partial charge >= 0.3 is 0 Å². The Hall–Kier alpha value is -0.810. The minimum atomic E-state index is 0.336. The molecule has 0 saturated carbocycles. The van der Waals surface area contributed by atoms with Crippen LogP contribution in [0.25, 0.3) is 0 Å². The quantitative estimate of drug-likeness (QED) is 0.588. The number of hydrogen-bond donors (Lipinski definition) is 2. The second kappa shape index (κ2) is 6.63. The normalized spacial score (nSPS) is 9.93. The van der Waals surface area contributed by atoms with E-state index in [0.717, 1.165) is 18.7 Å². The summed E-state index contributed by atoms with van der Waals surface area (Å²) in [7, 11) is 0. The lowest BCUT2D eigenvalue weighted by Crippen LogP contribution is -2.12. The number of nitrogens with two attached hydrogens (primary N) is 1. The SMILES string of the molecule is CSCCCNc1ccnc(C(N)=S)c1. The molecule has 82 valence electrons. The molecule has 0 radical (unpaired) electrons. The third-order valence-electron chi connectivity index (χ3n) is 1.87. The van der Waals surface area contributed by atoms with Crippen LogP contribution in [0.5, 0.6) is 0 Å². The smallest absolute Gasteiger partial charge is 0.122 e. The molecule has 0 atom stereocenters. The average molecular weight is 241 g/mol. The van der Waals surface area contributed by atoms with Gasteiger partial charge in [-0.2, -0.15) is 11.8 Å². The molecule has 0 aromatic carbocycles. The Morgan fingerprint density at radius 1 is 1.67 bits per heavy atom. The van der Waals surface area contributed by atoms with Gasteiger partial charge in [0.15, 0.2) is 0 Å². The van der Waals surface area contributed by atoms with Crippen molar-refractivity contribution in [3.8, 4) is 0 Å². The van der Waals surface area contributed by atoms with Crippen molar-refractivity contribution in [3.63, 3.8) is 0 Å². The molecule has 5 heteroatoms.